The van der Waals surface area contributed by atoms with Crippen LogP contribution in [0.25, 0.3) is 0 Å². The van der Waals surface area contributed by atoms with E-state index in [1.807, 2.05) is 37.5 Å². The normalized spacial score (nSPS) is 15.7. The van der Waals surface area contributed by atoms with Crippen molar-refractivity contribution in [1.82, 2.24) is 19.9 Å². The highest BCUT2D eigenvalue weighted by atomic mass is 15.3. The molecule has 2 aromatic rings. The standard InChI is InChI=1S/C17H24N6/c1-21(2)16-12-17(20-14-19-16)23-10-8-22(9-11-23)7-5-15-4-3-6-18-13-15/h3-4,6,12-14H,5,7-11H2,1-2H3. The van der Waals surface area contributed by atoms with Gasteiger partial charge in [-0.05, 0) is 18.1 Å². The highest BCUT2D eigenvalue weighted by Crippen LogP contribution is 2.17. The maximum atomic E-state index is 4.43. The van der Waals surface area contributed by atoms with Crippen LogP contribution in [-0.2, 0) is 6.42 Å². The van der Waals surface area contributed by atoms with E-state index in [1.165, 1.54) is 5.56 Å². The molecule has 6 nitrogen and oxygen atoms in total. The number of anilines is 2. The highest BCUT2D eigenvalue weighted by molar-refractivity contribution is 5.49. The Hall–Kier alpha value is -2.21. The summed E-state index contributed by atoms with van der Waals surface area (Å²) >= 11 is 0. The lowest BCUT2D eigenvalue weighted by Crippen LogP contribution is -2.47. The van der Waals surface area contributed by atoms with Crippen molar-refractivity contribution in [2.45, 2.75) is 6.42 Å². The van der Waals surface area contributed by atoms with E-state index in [-0.39, 0.29) is 0 Å². The maximum absolute atomic E-state index is 4.43. The van der Waals surface area contributed by atoms with Crippen LogP contribution in [0, 0.1) is 0 Å². The van der Waals surface area contributed by atoms with Crippen LogP contribution in [0.5, 0.6) is 0 Å². The molecular formula is C17H24N6. The van der Waals surface area contributed by atoms with Crippen LogP contribution < -0.4 is 9.80 Å². The summed E-state index contributed by atoms with van der Waals surface area (Å²) in [7, 11) is 4.00. The van der Waals surface area contributed by atoms with Gasteiger partial charge < -0.3 is 9.80 Å². The molecule has 0 aromatic carbocycles. The molecule has 1 aliphatic heterocycles. The summed E-state index contributed by atoms with van der Waals surface area (Å²) in [5.74, 6) is 1.98. The Morgan fingerprint density at radius 2 is 1.96 bits per heavy atom. The van der Waals surface area contributed by atoms with Crippen molar-refractivity contribution >= 4 is 11.6 Å². The van der Waals surface area contributed by atoms with Crippen molar-refractivity contribution in [3.63, 3.8) is 0 Å². The average Bonchev–Trinajstić information content (AvgIpc) is 2.61. The van der Waals surface area contributed by atoms with E-state index in [0.29, 0.717) is 0 Å². The molecule has 122 valence electrons. The largest absolute Gasteiger partial charge is 0.363 e. The zero-order valence-electron chi connectivity index (χ0n) is 13.9. The van der Waals surface area contributed by atoms with Crippen molar-refractivity contribution < 1.29 is 0 Å². The fourth-order valence-electron chi connectivity index (χ4n) is 2.79. The van der Waals surface area contributed by atoms with Crippen LogP contribution in [0.4, 0.5) is 11.6 Å². The second-order valence-corrected chi connectivity index (χ2v) is 6.07. The van der Waals surface area contributed by atoms with Crippen molar-refractivity contribution in [2.24, 2.45) is 0 Å². The quantitative estimate of drug-likeness (QED) is 0.829. The molecule has 6 heteroatoms. The first kappa shape index (κ1) is 15.7. The van der Waals surface area contributed by atoms with Gasteiger partial charge in [-0.2, -0.15) is 0 Å². The van der Waals surface area contributed by atoms with Gasteiger partial charge in [0.05, 0.1) is 0 Å². The van der Waals surface area contributed by atoms with Gasteiger partial charge in [0, 0.05) is 65.3 Å². The molecular weight excluding hydrogens is 288 g/mol. The summed E-state index contributed by atoms with van der Waals surface area (Å²) in [5, 5.41) is 0. The summed E-state index contributed by atoms with van der Waals surface area (Å²) in [4.78, 5) is 19.7. The van der Waals surface area contributed by atoms with Crippen molar-refractivity contribution in [1.29, 1.82) is 0 Å². The van der Waals surface area contributed by atoms with Crippen molar-refractivity contribution in [2.75, 3.05) is 56.6 Å². The first-order chi connectivity index (χ1) is 11.2. The minimum Gasteiger partial charge on any atom is -0.363 e. The average molecular weight is 312 g/mol. The van der Waals surface area contributed by atoms with E-state index in [2.05, 4.69) is 36.9 Å². The second kappa shape index (κ2) is 7.37. The number of rotatable bonds is 5. The van der Waals surface area contributed by atoms with Gasteiger partial charge in [-0.15, -0.1) is 0 Å². The molecule has 0 radical (unpaired) electrons. The fraction of sp³-hybridized carbons (Fsp3) is 0.471. The first-order valence-corrected chi connectivity index (χ1v) is 8.08. The molecule has 1 aliphatic rings. The van der Waals surface area contributed by atoms with E-state index in [4.69, 9.17) is 0 Å². The summed E-state index contributed by atoms with van der Waals surface area (Å²) in [6.07, 6.45) is 6.50. The highest BCUT2D eigenvalue weighted by Gasteiger charge is 2.18. The molecule has 0 N–H and O–H groups in total. The zero-order valence-corrected chi connectivity index (χ0v) is 13.9. The van der Waals surface area contributed by atoms with E-state index >= 15 is 0 Å². The Balaban J connectivity index is 1.51. The Morgan fingerprint density at radius 3 is 2.65 bits per heavy atom. The number of hydrogen-bond donors (Lipinski definition) is 0. The monoisotopic (exact) mass is 312 g/mol. The smallest absolute Gasteiger partial charge is 0.134 e. The molecule has 0 saturated carbocycles. The molecule has 2 aromatic heterocycles. The van der Waals surface area contributed by atoms with Crippen LogP contribution >= 0.6 is 0 Å². The summed E-state index contributed by atoms with van der Waals surface area (Å²) in [6.45, 7) is 5.25. The predicted octanol–water partition coefficient (Wildman–Crippen LogP) is 1.30. The van der Waals surface area contributed by atoms with Gasteiger partial charge in [-0.1, -0.05) is 6.07 Å². The van der Waals surface area contributed by atoms with E-state index in [9.17, 15) is 0 Å². The third kappa shape index (κ3) is 4.16. The molecule has 0 spiro atoms. The lowest BCUT2D eigenvalue weighted by Gasteiger charge is -2.35. The Bertz CT molecular complexity index is 607. The zero-order chi connectivity index (χ0) is 16.1. The van der Waals surface area contributed by atoms with Crippen LogP contribution in [-0.4, -0.2) is 66.7 Å². The number of pyridine rings is 1. The van der Waals surface area contributed by atoms with Gasteiger partial charge in [0.25, 0.3) is 0 Å². The van der Waals surface area contributed by atoms with Crippen LogP contribution in [0.15, 0.2) is 36.9 Å². The molecule has 1 saturated heterocycles. The summed E-state index contributed by atoms with van der Waals surface area (Å²) < 4.78 is 0. The number of aromatic nitrogens is 3. The lowest BCUT2D eigenvalue weighted by atomic mass is 10.2. The third-order valence-electron chi connectivity index (χ3n) is 4.23. The van der Waals surface area contributed by atoms with Gasteiger partial charge in [0.1, 0.15) is 18.0 Å². The Morgan fingerprint density at radius 1 is 1.13 bits per heavy atom. The topological polar surface area (TPSA) is 48.4 Å². The molecule has 0 atom stereocenters. The predicted molar refractivity (Wildman–Crippen MR) is 93.0 cm³/mol. The van der Waals surface area contributed by atoms with Crippen molar-refractivity contribution in [3.05, 3.63) is 42.5 Å². The van der Waals surface area contributed by atoms with Crippen LogP contribution in [0.2, 0.25) is 0 Å². The summed E-state index contributed by atoms with van der Waals surface area (Å²) in [5.41, 5.74) is 1.31. The Labute approximate surface area is 137 Å². The third-order valence-corrected chi connectivity index (χ3v) is 4.23. The van der Waals surface area contributed by atoms with Gasteiger partial charge in [-0.25, -0.2) is 9.97 Å². The van der Waals surface area contributed by atoms with Gasteiger partial charge in [-0.3, -0.25) is 9.88 Å². The molecule has 0 bridgehead atoms. The lowest BCUT2D eigenvalue weighted by molar-refractivity contribution is 0.260. The van der Waals surface area contributed by atoms with Crippen LogP contribution in [0.3, 0.4) is 0 Å². The SMILES string of the molecule is CN(C)c1cc(N2CCN(CCc3cccnc3)CC2)ncn1. The molecule has 0 aliphatic carbocycles. The van der Waals surface area contributed by atoms with E-state index in [1.54, 1.807) is 6.33 Å². The number of hydrogen-bond acceptors (Lipinski definition) is 6. The van der Waals surface area contributed by atoms with Gasteiger partial charge in [0.2, 0.25) is 0 Å². The van der Waals surface area contributed by atoms with Gasteiger partial charge in [0.15, 0.2) is 0 Å². The minimum absolute atomic E-state index is 0.953. The Kier molecular flexibility index (Phi) is 5.02. The van der Waals surface area contributed by atoms with Crippen molar-refractivity contribution in [3.8, 4) is 0 Å². The molecule has 3 heterocycles. The first-order valence-electron chi connectivity index (χ1n) is 8.08. The molecule has 0 unspecified atom stereocenters. The molecule has 23 heavy (non-hydrogen) atoms. The fourth-order valence-corrected chi connectivity index (χ4v) is 2.79. The maximum Gasteiger partial charge on any atom is 0.134 e. The number of nitrogens with zero attached hydrogens (tertiary/aromatic N) is 6. The van der Waals surface area contributed by atoms with Crippen LogP contribution in [0.1, 0.15) is 5.56 Å². The molecule has 0 amide bonds. The van der Waals surface area contributed by atoms with Gasteiger partial charge >= 0.3 is 0 Å². The number of piperazine rings is 1. The van der Waals surface area contributed by atoms with E-state index in [0.717, 1.165) is 50.8 Å². The molecule has 3 rings (SSSR count). The molecule has 1 fully saturated rings. The second-order valence-electron chi connectivity index (χ2n) is 6.07. The summed E-state index contributed by atoms with van der Waals surface area (Å²) in [6, 6.07) is 6.21. The minimum atomic E-state index is 0.953. The van der Waals surface area contributed by atoms with E-state index < -0.39 is 0 Å².